The maximum Gasteiger partial charge on any atom is 0.124 e. The number of nitrogens with one attached hydrogen (secondary N) is 2. The third kappa shape index (κ3) is 20.3. The second-order valence-electron chi connectivity index (χ2n) is 17.3. The molecule has 6 heterocycles. The van der Waals surface area contributed by atoms with Gasteiger partial charge in [-0.3, -0.25) is 9.97 Å². The van der Waals surface area contributed by atoms with E-state index in [0.29, 0.717) is 6.73 Å². The first-order chi connectivity index (χ1) is 30.7. The monoisotopic (exact) mass is 932 g/mol. The smallest absolute Gasteiger partial charge is 0.124 e. The van der Waals surface area contributed by atoms with Crippen LogP contribution in [0.15, 0.2) is 89.2 Å². The Kier molecular flexibility index (Phi) is 25.7. The second kappa shape index (κ2) is 30.9. The summed E-state index contributed by atoms with van der Waals surface area (Å²) in [6, 6.07) is 9.27. The molecule has 5 aromatic rings. The molecule has 5 aromatic heterocycles. The van der Waals surface area contributed by atoms with Crippen LogP contribution in [0.1, 0.15) is 110 Å². The van der Waals surface area contributed by atoms with E-state index in [2.05, 4.69) is 110 Å². The number of rotatable bonds is 26. The zero-order chi connectivity index (χ0) is 45.0. The van der Waals surface area contributed by atoms with Crippen molar-refractivity contribution in [3.05, 3.63) is 79.8 Å². The van der Waals surface area contributed by atoms with Gasteiger partial charge in [-0.2, -0.15) is 0 Å². The highest BCUT2D eigenvalue weighted by atomic mass is 32.2. The van der Waals surface area contributed by atoms with E-state index in [1.165, 1.54) is 105 Å². The Bertz CT molecular complexity index is 1950. The molecule has 0 radical (unpaired) electrons. The predicted molar refractivity (Wildman–Crippen MR) is 275 cm³/mol. The lowest BCUT2D eigenvalue weighted by Crippen LogP contribution is -2.25. The van der Waals surface area contributed by atoms with Crippen LogP contribution in [0.2, 0.25) is 25.7 Å². The Balaban J connectivity index is 0.000000212. The van der Waals surface area contributed by atoms with Gasteiger partial charge in [0.15, 0.2) is 0 Å². The first kappa shape index (κ1) is 52.5. The van der Waals surface area contributed by atoms with Crippen molar-refractivity contribution in [1.82, 2.24) is 44.4 Å². The Hall–Kier alpha value is -3.14. The Morgan fingerprint density at radius 2 is 1.24 bits per heavy atom. The fourth-order valence-electron chi connectivity index (χ4n) is 6.80. The van der Waals surface area contributed by atoms with Crippen LogP contribution in [0.5, 0.6) is 0 Å². The third-order valence-corrected chi connectivity index (χ3v) is 15.4. The largest absolute Gasteiger partial charge is 0.361 e. The topological polar surface area (TPSA) is 113 Å². The lowest BCUT2D eigenvalue weighted by atomic mass is 10.1. The minimum Gasteiger partial charge on any atom is -0.361 e. The molecule has 1 aliphatic rings. The number of H-pyrrole nitrogens is 2. The van der Waals surface area contributed by atoms with Gasteiger partial charge in [-0.25, -0.2) is 15.0 Å². The number of aromatic nitrogens is 8. The molecule has 63 heavy (non-hydrogen) atoms. The number of likely N-dealkylation sites (N-methyl/N-ethyl adjacent to an activating group) is 1. The van der Waals surface area contributed by atoms with Crippen LogP contribution in [0.4, 0.5) is 0 Å². The van der Waals surface area contributed by atoms with Crippen LogP contribution >= 0.6 is 35.3 Å². The first-order valence-electron chi connectivity index (χ1n) is 23.5. The van der Waals surface area contributed by atoms with E-state index in [0.717, 1.165) is 70.2 Å². The van der Waals surface area contributed by atoms with Crippen LogP contribution in [0.25, 0.3) is 28.1 Å². The molecule has 0 saturated heterocycles. The minimum absolute atomic E-state index is 0.554. The summed E-state index contributed by atoms with van der Waals surface area (Å²) in [7, 11) is 1.12. The average Bonchev–Trinajstić information content (AvgIpc) is 4.06. The Morgan fingerprint density at radius 3 is 1.78 bits per heavy atom. The number of nitrogens with zero attached hydrogens (tertiary/aromatic N) is 7. The highest BCUT2D eigenvalue weighted by Crippen LogP contribution is 2.32. The Labute approximate surface area is 393 Å². The number of pyridine rings is 2. The molecular weight excluding hydrogens is 855 g/mol. The van der Waals surface area contributed by atoms with Gasteiger partial charge in [0.25, 0.3) is 0 Å². The number of unbranched alkanes of at least 4 members (excludes halogenated alkanes) is 9. The van der Waals surface area contributed by atoms with E-state index >= 15 is 0 Å². The van der Waals surface area contributed by atoms with Crippen molar-refractivity contribution in [3.8, 4) is 22.5 Å². The molecule has 0 amide bonds. The van der Waals surface area contributed by atoms with Crippen molar-refractivity contribution in [1.29, 1.82) is 0 Å². The molecule has 6 rings (SSSR count). The summed E-state index contributed by atoms with van der Waals surface area (Å²) in [6.45, 7) is 17.4. The van der Waals surface area contributed by atoms with Gasteiger partial charge in [0.2, 0.25) is 0 Å². The van der Waals surface area contributed by atoms with Gasteiger partial charge in [0, 0.05) is 63.7 Å². The van der Waals surface area contributed by atoms with Crippen LogP contribution in [0, 0.1) is 0 Å². The van der Waals surface area contributed by atoms with Crippen molar-refractivity contribution in [2.24, 2.45) is 0 Å². The molecule has 0 spiro atoms. The Morgan fingerprint density at radius 1 is 0.683 bits per heavy atom. The highest BCUT2D eigenvalue weighted by molar-refractivity contribution is 7.99. The molecule has 2 N–H and O–H groups in total. The van der Waals surface area contributed by atoms with Gasteiger partial charge in [0.05, 0.1) is 36.1 Å². The number of imidazole rings is 3. The quantitative estimate of drug-likeness (QED) is 0.0316. The van der Waals surface area contributed by atoms with E-state index in [1.54, 1.807) is 12.5 Å². The van der Waals surface area contributed by atoms with Gasteiger partial charge >= 0.3 is 0 Å². The van der Waals surface area contributed by atoms with E-state index in [1.807, 2.05) is 78.7 Å². The van der Waals surface area contributed by atoms with Crippen molar-refractivity contribution < 1.29 is 4.74 Å². The second-order valence-corrected chi connectivity index (χ2v) is 26.2. The summed E-state index contributed by atoms with van der Waals surface area (Å²) in [6.07, 6.45) is 32.0. The van der Waals surface area contributed by atoms with Gasteiger partial charge in [-0.1, -0.05) is 104 Å². The minimum atomic E-state index is -1.06. The summed E-state index contributed by atoms with van der Waals surface area (Å²) in [5.41, 5.74) is 7.07. The zero-order valence-corrected chi connectivity index (χ0v) is 43.0. The summed E-state index contributed by atoms with van der Waals surface area (Å²) in [5.74, 6) is 3.43. The maximum absolute atomic E-state index is 5.96. The SMILES string of the molecule is CCCCCCSc1nc[nH]c1-c1cccnc1.CCCCCCSc1nc[nH]c1C1=CCCN(C)C1.CCCCCCSc1ncn(COCC[Si](C)(C)C)c1-c1cccnc1. The molecule has 0 saturated carbocycles. The van der Waals surface area contributed by atoms with Gasteiger partial charge in [-0.05, 0) is 85.9 Å². The van der Waals surface area contributed by atoms with Gasteiger partial charge < -0.3 is 24.2 Å². The standard InChI is InChI=1S/C20H33N3OSSi.C15H25N3S.C14H19N3S/c1-5-6-7-8-13-25-20-19(18-10-9-11-21-15-18)23(16-22-20)17-24-12-14-26(2,3)4;1-3-4-5-6-10-19-15-14(16-12-17-15)13-8-7-9-18(2)11-13;1-2-3-4-5-9-18-14-13(16-11-17-14)12-7-6-8-15-10-12/h9-11,15-16H,5-8,12-14,17H2,1-4H3;8,12H,3-7,9-11H2,1-2H3,(H,16,17);6-8,10-11H,2-5,9H2,1H3,(H,16,17). The summed E-state index contributed by atoms with van der Waals surface area (Å²) in [4.78, 5) is 30.9. The molecule has 346 valence electrons. The van der Waals surface area contributed by atoms with E-state index in [9.17, 15) is 0 Å². The maximum atomic E-state index is 5.96. The molecule has 0 aliphatic carbocycles. The molecule has 10 nitrogen and oxygen atoms in total. The molecule has 0 atom stereocenters. The highest BCUT2D eigenvalue weighted by Gasteiger charge is 2.17. The average molecular weight is 933 g/mol. The molecule has 14 heteroatoms. The third-order valence-electron chi connectivity index (χ3n) is 10.5. The molecule has 1 aliphatic heterocycles. The summed E-state index contributed by atoms with van der Waals surface area (Å²) in [5, 5.41) is 3.35. The molecular formula is C49H77N9OS3Si. The lowest BCUT2D eigenvalue weighted by molar-refractivity contribution is 0.0881. The van der Waals surface area contributed by atoms with E-state index in [4.69, 9.17) is 4.74 Å². The van der Waals surface area contributed by atoms with Gasteiger partial charge in [-0.15, -0.1) is 35.3 Å². The normalized spacial score (nSPS) is 13.0. The van der Waals surface area contributed by atoms with Gasteiger partial charge in [0.1, 0.15) is 21.8 Å². The first-order valence-corrected chi connectivity index (χ1v) is 30.2. The fourth-order valence-corrected chi connectivity index (χ4v) is 10.6. The number of hydrogen-bond donors (Lipinski definition) is 2. The van der Waals surface area contributed by atoms with Crippen LogP contribution < -0.4 is 0 Å². The number of thioether (sulfide) groups is 3. The van der Waals surface area contributed by atoms with Crippen LogP contribution in [-0.2, 0) is 11.5 Å². The lowest BCUT2D eigenvalue weighted by Gasteiger charge is -2.22. The van der Waals surface area contributed by atoms with E-state index < -0.39 is 8.07 Å². The fraction of sp³-hybridized carbons (Fsp3) is 0.571. The zero-order valence-electron chi connectivity index (χ0n) is 39.5. The molecule has 0 unspecified atom stereocenters. The van der Waals surface area contributed by atoms with Crippen molar-refractivity contribution >= 4 is 48.9 Å². The molecule has 0 bridgehead atoms. The number of aromatic amines is 2. The number of ether oxygens (including phenoxy) is 1. The van der Waals surface area contributed by atoms with Crippen molar-refractivity contribution in [2.75, 3.05) is 44.0 Å². The van der Waals surface area contributed by atoms with Crippen LogP contribution in [0.3, 0.4) is 0 Å². The van der Waals surface area contributed by atoms with Crippen molar-refractivity contribution in [3.63, 3.8) is 0 Å². The summed E-state index contributed by atoms with van der Waals surface area (Å²) < 4.78 is 8.08. The van der Waals surface area contributed by atoms with E-state index in [-0.39, 0.29) is 0 Å². The predicted octanol–water partition coefficient (Wildman–Crippen LogP) is 13.9. The molecule has 0 aromatic carbocycles. The van der Waals surface area contributed by atoms with Crippen molar-refractivity contribution in [2.45, 2.75) is 152 Å². The molecule has 0 fully saturated rings. The number of hydrogen-bond acceptors (Lipinski definition) is 10. The summed E-state index contributed by atoms with van der Waals surface area (Å²) >= 11 is 5.57. The van der Waals surface area contributed by atoms with Crippen LogP contribution in [-0.4, -0.2) is 96.4 Å².